The van der Waals surface area contributed by atoms with Gasteiger partial charge in [0.1, 0.15) is 11.4 Å². The third kappa shape index (κ3) is 4.54. The van der Waals surface area contributed by atoms with Crippen LogP contribution in [0.25, 0.3) is 0 Å². The summed E-state index contributed by atoms with van der Waals surface area (Å²) in [7, 11) is 4.87. The van der Waals surface area contributed by atoms with Crippen LogP contribution in [-0.2, 0) is 17.8 Å². The number of nitrogens with zero attached hydrogens (tertiary/aromatic N) is 2. The van der Waals surface area contributed by atoms with Crippen molar-refractivity contribution in [2.75, 3.05) is 27.9 Å². The third-order valence-electron chi connectivity index (χ3n) is 5.08. The standard InChI is InChI=1S/C22H26FN3O4/c1-22(12-15-8-9-18(29-3)19(11-15)30-4)20(27)26(21(28)24-22)14-25(2)13-16-6-5-7-17(23)10-16/h5-11H,12-14H2,1-4H3,(H,24,28)/t22-/m0/s1. The number of amides is 3. The average molecular weight is 415 g/mol. The lowest BCUT2D eigenvalue weighted by molar-refractivity contribution is -0.132. The van der Waals surface area contributed by atoms with Gasteiger partial charge in [-0.2, -0.15) is 0 Å². The number of urea groups is 1. The minimum absolute atomic E-state index is 0.0999. The van der Waals surface area contributed by atoms with E-state index >= 15 is 0 Å². The van der Waals surface area contributed by atoms with E-state index in [1.165, 1.54) is 17.0 Å². The first-order valence-electron chi connectivity index (χ1n) is 9.54. The molecule has 1 fully saturated rings. The third-order valence-corrected chi connectivity index (χ3v) is 5.08. The zero-order valence-corrected chi connectivity index (χ0v) is 17.6. The number of nitrogens with one attached hydrogen (secondary N) is 1. The number of hydrogen-bond acceptors (Lipinski definition) is 5. The first kappa shape index (κ1) is 21.6. The molecule has 3 amide bonds. The molecule has 1 aliphatic heterocycles. The Labute approximate surface area is 175 Å². The SMILES string of the molecule is COc1ccc(C[C@]2(C)NC(=O)N(CN(C)Cc3cccc(F)c3)C2=O)cc1OC. The molecule has 0 bridgehead atoms. The molecule has 2 aromatic rings. The van der Waals surface area contributed by atoms with Gasteiger partial charge in [-0.05, 0) is 49.4 Å². The second kappa shape index (κ2) is 8.71. The Hall–Kier alpha value is -3.13. The van der Waals surface area contributed by atoms with E-state index in [-0.39, 0.29) is 18.4 Å². The quantitative estimate of drug-likeness (QED) is 0.672. The zero-order chi connectivity index (χ0) is 21.9. The van der Waals surface area contributed by atoms with Crippen LogP contribution in [-0.4, -0.2) is 55.2 Å². The maximum Gasteiger partial charge on any atom is 0.326 e. The fraction of sp³-hybridized carbons (Fsp3) is 0.364. The molecule has 1 N–H and O–H groups in total. The maximum absolute atomic E-state index is 13.4. The minimum Gasteiger partial charge on any atom is -0.493 e. The molecule has 8 heteroatoms. The highest BCUT2D eigenvalue weighted by Gasteiger charge is 2.47. The second-order valence-electron chi connectivity index (χ2n) is 7.65. The Kier molecular flexibility index (Phi) is 6.26. The summed E-state index contributed by atoms with van der Waals surface area (Å²) in [5.41, 5.74) is 0.521. The van der Waals surface area contributed by atoms with E-state index < -0.39 is 11.6 Å². The molecule has 7 nitrogen and oxygen atoms in total. The van der Waals surface area contributed by atoms with E-state index in [2.05, 4.69) is 5.32 Å². The first-order chi connectivity index (χ1) is 14.3. The second-order valence-corrected chi connectivity index (χ2v) is 7.65. The molecule has 2 aromatic carbocycles. The molecule has 1 saturated heterocycles. The minimum atomic E-state index is -1.07. The highest BCUT2D eigenvalue weighted by atomic mass is 19.1. The lowest BCUT2D eigenvalue weighted by atomic mass is 9.92. The van der Waals surface area contributed by atoms with Gasteiger partial charge < -0.3 is 14.8 Å². The van der Waals surface area contributed by atoms with Gasteiger partial charge >= 0.3 is 6.03 Å². The average Bonchev–Trinajstić information content (AvgIpc) is 2.90. The highest BCUT2D eigenvalue weighted by molar-refractivity contribution is 6.06. The Balaban J connectivity index is 1.70. The summed E-state index contributed by atoms with van der Waals surface area (Å²) in [5, 5.41) is 2.80. The summed E-state index contributed by atoms with van der Waals surface area (Å²) in [6, 6.07) is 11.2. The summed E-state index contributed by atoms with van der Waals surface area (Å²) in [6.45, 7) is 2.21. The summed E-state index contributed by atoms with van der Waals surface area (Å²) < 4.78 is 24.0. The molecular weight excluding hydrogens is 389 g/mol. The monoisotopic (exact) mass is 415 g/mol. The molecule has 0 saturated carbocycles. The molecule has 0 aliphatic carbocycles. The van der Waals surface area contributed by atoms with Crippen LogP contribution < -0.4 is 14.8 Å². The van der Waals surface area contributed by atoms with Gasteiger partial charge in [0, 0.05) is 13.0 Å². The number of carbonyl (C=O) groups excluding carboxylic acids is 2. The summed E-state index contributed by atoms with van der Waals surface area (Å²) >= 11 is 0. The summed E-state index contributed by atoms with van der Waals surface area (Å²) in [4.78, 5) is 28.5. The summed E-state index contributed by atoms with van der Waals surface area (Å²) in [6.07, 6.45) is 0.308. The van der Waals surface area contributed by atoms with Crippen molar-refractivity contribution >= 4 is 11.9 Å². The Morgan fingerprint density at radius 3 is 2.47 bits per heavy atom. The molecule has 0 aromatic heterocycles. The zero-order valence-electron chi connectivity index (χ0n) is 17.6. The highest BCUT2D eigenvalue weighted by Crippen LogP contribution is 2.30. The van der Waals surface area contributed by atoms with Crippen molar-refractivity contribution in [3.8, 4) is 11.5 Å². The topological polar surface area (TPSA) is 71.1 Å². The number of rotatable bonds is 8. The van der Waals surface area contributed by atoms with E-state index in [0.29, 0.717) is 24.5 Å². The molecule has 160 valence electrons. The van der Waals surface area contributed by atoms with Crippen LogP contribution in [0.2, 0.25) is 0 Å². The number of benzene rings is 2. The molecule has 3 rings (SSSR count). The van der Waals surface area contributed by atoms with Crippen molar-refractivity contribution in [2.24, 2.45) is 0 Å². The van der Waals surface area contributed by atoms with Crippen LogP contribution in [0, 0.1) is 5.82 Å². The maximum atomic E-state index is 13.4. The fourth-order valence-electron chi connectivity index (χ4n) is 3.63. The van der Waals surface area contributed by atoms with Crippen molar-refractivity contribution < 1.29 is 23.5 Å². The number of methoxy groups -OCH3 is 2. The normalized spacial score (nSPS) is 18.7. The number of ether oxygens (including phenoxy) is 2. The molecule has 0 spiro atoms. The van der Waals surface area contributed by atoms with E-state index in [1.54, 1.807) is 57.4 Å². The lowest BCUT2D eigenvalue weighted by Gasteiger charge is -2.25. The van der Waals surface area contributed by atoms with Crippen molar-refractivity contribution in [3.63, 3.8) is 0 Å². The smallest absolute Gasteiger partial charge is 0.326 e. The number of imide groups is 1. The van der Waals surface area contributed by atoms with Gasteiger partial charge in [0.2, 0.25) is 0 Å². The molecular formula is C22H26FN3O4. The molecule has 0 radical (unpaired) electrons. The van der Waals surface area contributed by atoms with Crippen molar-refractivity contribution in [1.82, 2.24) is 15.1 Å². The van der Waals surface area contributed by atoms with Crippen LogP contribution in [0.3, 0.4) is 0 Å². The van der Waals surface area contributed by atoms with Gasteiger partial charge in [-0.25, -0.2) is 14.1 Å². The van der Waals surface area contributed by atoms with E-state index in [4.69, 9.17) is 9.47 Å². The van der Waals surface area contributed by atoms with Gasteiger partial charge in [0.15, 0.2) is 11.5 Å². The number of halogens is 1. The molecule has 0 unspecified atom stereocenters. The predicted molar refractivity (Wildman–Crippen MR) is 110 cm³/mol. The lowest BCUT2D eigenvalue weighted by Crippen LogP contribution is -2.46. The van der Waals surface area contributed by atoms with Crippen LogP contribution in [0.5, 0.6) is 11.5 Å². The van der Waals surface area contributed by atoms with Gasteiger partial charge in [-0.1, -0.05) is 18.2 Å². The van der Waals surface area contributed by atoms with Crippen LogP contribution in [0.15, 0.2) is 42.5 Å². The van der Waals surface area contributed by atoms with Crippen molar-refractivity contribution in [2.45, 2.75) is 25.4 Å². The molecule has 1 heterocycles. The largest absolute Gasteiger partial charge is 0.493 e. The first-order valence-corrected chi connectivity index (χ1v) is 9.54. The van der Waals surface area contributed by atoms with Gasteiger partial charge in [-0.3, -0.25) is 9.69 Å². The van der Waals surface area contributed by atoms with E-state index in [0.717, 1.165) is 11.1 Å². The number of carbonyl (C=O) groups is 2. The predicted octanol–water partition coefficient (Wildman–Crippen LogP) is 2.79. The van der Waals surface area contributed by atoms with Crippen LogP contribution >= 0.6 is 0 Å². The van der Waals surface area contributed by atoms with Crippen molar-refractivity contribution in [1.29, 1.82) is 0 Å². The molecule has 1 aliphatic rings. The van der Waals surface area contributed by atoms with Gasteiger partial charge in [0.05, 0.1) is 20.9 Å². The van der Waals surface area contributed by atoms with Crippen LogP contribution in [0.4, 0.5) is 9.18 Å². The van der Waals surface area contributed by atoms with E-state index in [9.17, 15) is 14.0 Å². The summed E-state index contributed by atoms with van der Waals surface area (Å²) in [5.74, 6) is 0.516. The Bertz CT molecular complexity index is 952. The Morgan fingerprint density at radius 2 is 1.80 bits per heavy atom. The molecule has 30 heavy (non-hydrogen) atoms. The van der Waals surface area contributed by atoms with Gasteiger partial charge in [0.25, 0.3) is 5.91 Å². The van der Waals surface area contributed by atoms with Gasteiger partial charge in [-0.15, -0.1) is 0 Å². The number of hydrogen-bond donors (Lipinski definition) is 1. The van der Waals surface area contributed by atoms with Crippen LogP contribution in [0.1, 0.15) is 18.1 Å². The van der Waals surface area contributed by atoms with E-state index in [1.807, 2.05) is 6.07 Å². The molecule has 1 atom stereocenters. The van der Waals surface area contributed by atoms with Crippen molar-refractivity contribution in [3.05, 3.63) is 59.4 Å². The fourth-order valence-corrected chi connectivity index (χ4v) is 3.63. The Morgan fingerprint density at radius 1 is 1.07 bits per heavy atom.